The summed E-state index contributed by atoms with van der Waals surface area (Å²) in [5.74, 6) is 1.56. The molecule has 128 valence electrons. The lowest BCUT2D eigenvalue weighted by atomic mass is 10.2. The molecule has 1 atom stereocenters. The highest BCUT2D eigenvalue weighted by molar-refractivity contribution is 5.85. The van der Waals surface area contributed by atoms with Crippen LogP contribution in [0.15, 0.2) is 24.3 Å². The third-order valence-electron chi connectivity index (χ3n) is 3.67. The van der Waals surface area contributed by atoms with Gasteiger partial charge in [0.25, 0.3) is 5.91 Å². The number of hydrogen-bond donors (Lipinski definition) is 2. The van der Waals surface area contributed by atoms with E-state index in [0.29, 0.717) is 24.0 Å². The van der Waals surface area contributed by atoms with Crippen LogP contribution in [0.1, 0.15) is 25.3 Å². The summed E-state index contributed by atoms with van der Waals surface area (Å²) in [6.45, 7) is 2.41. The summed E-state index contributed by atoms with van der Waals surface area (Å²) in [5, 5.41) is 2.80. The standard InChI is InChI=1S/C17H24N2O3.ClH/c1-3-4-12-5-8-15(16(9-12)21-2)22-11-17(20)19-10-14(18)13-6-7-13;/h3-5,8-9,13-14H,6-7,10-11,18H2,1-2H3,(H,19,20);1H/b4-3+;. The molecular weight excluding hydrogens is 316 g/mol. The van der Waals surface area contributed by atoms with Gasteiger partial charge in [0.15, 0.2) is 18.1 Å². The summed E-state index contributed by atoms with van der Waals surface area (Å²) in [7, 11) is 1.58. The summed E-state index contributed by atoms with van der Waals surface area (Å²) in [6, 6.07) is 5.64. The van der Waals surface area contributed by atoms with Gasteiger partial charge in [-0.1, -0.05) is 18.2 Å². The van der Waals surface area contributed by atoms with Crippen LogP contribution in [0.3, 0.4) is 0 Å². The lowest BCUT2D eigenvalue weighted by Gasteiger charge is -2.13. The minimum atomic E-state index is -0.171. The molecular formula is C17H25ClN2O3. The number of carbonyl (C=O) groups excluding carboxylic acids is 1. The Labute approximate surface area is 143 Å². The van der Waals surface area contributed by atoms with Gasteiger partial charge in [0, 0.05) is 12.6 Å². The predicted octanol–water partition coefficient (Wildman–Crippen LogP) is 2.38. The fourth-order valence-electron chi connectivity index (χ4n) is 2.22. The van der Waals surface area contributed by atoms with Gasteiger partial charge in [-0.2, -0.15) is 0 Å². The third-order valence-corrected chi connectivity index (χ3v) is 3.67. The SMILES string of the molecule is C/C=C/c1ccc(OCC(=O)NCC(N)C2CC2)c(OC)c1.Cl. The summed E-state index contributed by atoms with van der Waals surface area (Å²) < 4.78 is 10.8. The largest absolute Gasteiger partial charge is 0.493 e. The molecule has 1 aromatic rings. The van der Waals surface area contributed by atoms with Crippen LogP contribution >= 0.6 is 12.4 Å². The normalized spacial score (nSPS) is 14.9. The van der Waals surface area contributed by atoms with E-state index < -0.39 is 0 Å². The first-order valence-electron chi connectivity index (χ1n) is 7.60. The Morgan fingerprint density at radius 3 is 2.78 bits per heavy atom. The average molecular weight is 341 g/mol. The second kappa shape index (κ2) is 9.43. The van der Waals surface area contributed by atoms with E-state index in [4.69, 9.17) is 15.2 Å². The predicted molar refractivity (Wildman–Crippen MR) is 94.2 cm³/mol. The number of ether oxygens (including phenoxy) is 2. The van der Waals surface area contributed by atoms with E-state index in [1.807, 2.05) is 31.2 Å². The maximum atomic E-state index is 11.8. The minimum absolute atomic E-state index is 0. The highest BCUT2D eigenvalue weighted by Crippen LogP contribution is 2.31. The molecule has 1 aliphatic rings. The second-order valence-corrected chi connectivity index (χ2v) is 5.50. The number of methoxy groups -OCH3 is 1. The van der Waals surface area contributed by atoms with E-state index in [1.54, 1.807) is 13.2 Å². The molecule has 23 heavy (non-hydrogen) atoms. The van der Waals surface area contributed by atoms with Gasteiger partial charge < -0.3 is 20.5 Å². The number of carbonyl (C=O) groups is 1. The zero-order chi connectivity index (χ0) is 15.9. The molecule has 1 aromatic carbocycles. The molecule has 1 amide bonds. The topological polar surface area (TPSA) is 73.6 Å². The van der Waals surface area contributed by atoms with Gasteiger partial charge in [-0.05, 0) is 43.4 Å². The van der Waals surface area contributed by atoms with E-state index in [2.05, 4.69) is 5.32 Å². The molecule has 1 aliphatic carbocycles. The lowest BCUT2D eigenvalue weighted by molar-refractivity contribution is -0.123. The first-order valence-corrected chi connectivity index (χ1v) is 7.60. The van der Waals surface area contributed by atoms with Gasteiger partial charge >= 0.3 is 0 Å². The van der Waals surface area contributed by atoms with Crippen LogP contribution < -0.4 is 20.5 Å². The van der Waals surface area contributed by atoms with E-state index in [1.165, 1.54) is 12.8 Å². The third kappa shape index (κ3) is 6.12. The average Bonchev–Trinajstić information content (AvgIpc) is 3.36. The Bertz CT molecular complexity index is 545. The van der Waals surface area contributed by atoms with Crippen LogP contribution in [0.2, 0.25) is 0 Å². The maximum absolute atomic E-state index is 11.8. The van der Waals surface area contributed by atoms with Crippen molar-refractivity contribution >= 4 is 24.4 Å². The highest BCUT2D eigenvalue weighted by Gasteiger charge is 2.28. The van der Waals surface area contributed by atoms with Crippen molar-refractivity contribution in [2.75, 3.05) is 20.3 Å². The molecule has 0 saturated heterocycles. The number of nitrogens with one attached hydrogen (secondary N) is 1. The van der Waals surface area contributed by atoms with Gasteiger partial charge in [0.1, 0.15) is 0 Å². The zero-order valence-corrected chi connectivity index (χ0v) is 14.4. The van der Waals surface area contributed by atoms with Gasteiger partial charge in [0.2, 0.25) is 0 Å². The molecule has 0 spiro atoms. The van der Waals surface area contributed by atoms with Crippen molar-refractivity contribution in [2.24, 2.45) is 11.7 Å². The summed E-state index contributed by atoms with van der Waals surface area (Å²) in [6.07, 6.45) is 6.26. The summed E-state index contributed by atoms with van der Waals surface area (Å²) >= 11 is 0. The van der Waals surface area contributed by atoms with Crippen molar-refractivity contribution in [2.45, 2.75) is 25.8 Å². The minimum Gasteiger partial charge on any atom is -0.493 e. The molecule has 0 bridgehead atoms. The Kier molecular flexibility index (Phi) is 7.92. The quantitative estimate of drug-likeness (QED) is 0.762. The fraction of sp³-hybridized carbons (Fsp3) is 0.471. The maximum Gasteiger partial charge on any atom is 0.257 e. The molecule has 1 unspecified atom stereocenters. The number of nitrogens with two attached hydrogens (primary N) is 1. The molecule has 5 nitrogen and oxygen atoms in total. The number of halogens is 1. The van der Waals surface area contributed by atoms with Crippen molar-refractivity contribution in [3.8, 4) is 11.5 Å². The van der Waals surface area contributed by atoms with Crippen LogP contribution in [0.5, 0.6) is 11.5 Å². The number of amides is 1. The Morgan fingerprint density at radius 1 is 1.43 bits per heavy atom. The lowest BCUT2D eigenvalue weighted by Crippen LogP contribution is -2.40. The van der Waals surface area contributed by atoms with Crippen LogP contribution in [0.25, 0.3) is 6.08 Å². The van der Waals surface area contributed by atoms with Crippen molar-refractivity contribution in [3.63, 3.8) is 0 Å². The Morgan fingerprint density at radius 2 is 2.17 bits per heavy atom. The van der Waals surface area contributed by atoms with E-state index in [-0.39, 0.29) is 31.0 Å². The van der Waals surface area contributed by atoms with Gasteiger partial charge in [0.05, 0.1) is 7.11 Å². The van der Waals surface area contributed by atoms with Gasteiger partial charge in [-0.25, -0.2) is 0 Å². The Balaban J connectivity index is 0.00000264. The smallest absolute Gasteiger partial charge is 0.257 e. The monoisotopic (exact) mass is 340 g/mol. The zero-order valence-electron chi connectivity index (χ0n) is 13.6. The van der Waals surface area contributed by atoms with Crippen LogP contribution in [0, 0.1) is 5.92 Å². The van der Waals surface area contributed by atoms with Gasteiger partial charge in [-0.3, -0.25) is 4.79 Å². The Hall–Kier alpha value is -1.72. The van der Waals surface area contributed by atoms with Crippen molar-refractivity contribution in [3.05, 3.63) is 29.8 Å². The van der Waals surface area contributed by atoms with E-state index >= 15 is 0 Å². The first kappa shape index (κ1) is 19.3. The molecule has 0 heterocycles. The van der Waals surface area contributed by atoms with Crippen molar-refractivity contribution in [1.82, 2.24) is 5.32 Å². The van der Waals surface area contributed by atoms with Crippen molar-refractivity contribution in [1.29, 1.82) is 0 Å². The van der Waals surface area contributed by atoms with Crippen LogP contribution in [-0.2, 0) is 4.79 Å². The molecule has 1 fully saturated rings. The summed E-state index contributed by atoms with van der Waals surface area (Å²) in [4.78, 5) is 11.8. The molecule has 2 rings (SSSR count). The molecule has 0 aliphatic heterocycles. The van der Waals surface area contributed by atoms with E-state index in [9.17, 15) is 4.79 Å². The second-order valence-electron chi connectivity index (χ2n) is 5.50. The fourth-order valence-corrected chi connectivity index (χ4v) is 2.22. The molecule has 0 aromatic heterocycles. The number of rotatable bonds is 8. The summed E-state index contributed by atoms with van der Waals surface area (Å²) in [5.41, 5.74) is 6.96. The molecule has 3 N–H and O–H groups in total. The van der Waals surface area contributed by atoms with Crippen LogP contribution in [0.4, 0.5) is 0 Å². The number of hydrogen-bond acceptors (Lipinski definition) is 4. The highest BCUT2D eigenvalue weighted by atomic mass is 35.5. The van der Waals surface area contributed by atoms with Gasteiger partial charge in [-0.15, -0.1) is 12.4 Å². The molecule has 0 radical (unpaired) electrons. The van der Waals surface area contributed by atoms with Crippen LogP contribution in [-0.4, -0.2) is 32.2 Å². The number of allylic oxidation sites excluding steroid dienone is 1. The first-order chi connectivity index (χ1) is 10.6. The number of benzene rings is 1. The van der Waals surface area contributed by atoms with Crippen molar-refractivity contribution < 1.29 is 14.3 Å². The molecule has 6 heteroatoms. The van der Waals surface area contributed by atoms with E-state index in [0.717, 1.165) is 5.56 Å². The molecule has 1 saturated carbocycles.